The van der Waals surface area contributed by atoms with Gasteiger partial charge in [-0.25, -0.2) is 22.8 Å². The van der Waals surface area contributed by atoms with Crippen LogP contribution >= 0.6 is 31.3 Å². The number of hydrogen-bond acceptors (Lipinski definition) is 14. The minimum Gasteiger partial charge on any atom is -1.00 e. The van der Waals surface area contributed by atoms with Crippen LogP contribution in [-0.2, 0) is 35.7 Å². The van der Waals surface area contributed by atoms with E-state index in [1.54, 1.807) is 0 Å². The Bertz CT molecular complexity index is 784. The molecule has 0 heterocycles. The fourth-order valence-corrected chi connectivity index (χ4v) is 6.63. The molecule has 176 valence electrons. The van der Waals surface area contributed by atoms with Crippen molar-refractivity contribution in [2.45, 2.75) is 36.3 Å². The van der Waals surface area contributed by atoms with Gasteiger partial charge in [0.25, 0.3) is 0 Å². The summed E-state index contributed by atoms with van der Waals surface area (Å²) in [5.41, 5.74) is 0. The van der Waals surface area contributed by atoms with Crippen LogP contribution in [0.3, 0.4) is 0 Å². The summed E-state index contributed by atoms with van der Waals surface area (Å²) in [5.74, 6) is -3.83. The molecule has 1 saturated carbocycles. The maximum Gasteiger partial charge on any atom is 1.00 e. The van der Waals surface area contributed by atoms with Crippen molar-refractivity contribution in [3.63, 3.8) is 0 Å². The molecule has 30 heavy (non-hydrogen) atoms. The third kappa shape index (κ3) is 8.63. The fourth-order valence-electron chi connectivity index (χ4n) is 1.97. The van der Waals surface area contributed by atoms with Crippen LogP contribution in [0.25, 0.3) is 0 Å². The summed E-state index contributed by atoms with van der Waals surface area (Å²) < 4.78 is 58.7. The first-order valence-electron chi connectivity index (χ1n) is 6.64. The van der Waals surface area contributed by atoms with Gasteiger partial charge in [0.15, 0.2) is 0 Å². The Kier molecular flexibility index (Phi) is 11.4. The minimum absolute atomic E-state index is 0. The third-order valence-electron chi connectivity index (χ3n) is 3.08. The zero-order chi connectivity index (χ0) is 23.2. The van der Waals surface area contributed by atoms with Crippen molar-refractivity contribution in [3.8, 4) is 0 Å². The van der Waals surface area contributed by atoms with Crippen molar-refractivity contribution in [2.24, 2.45) is 0 Å². The topological polar surface area (TPSA) is 328 Å². The van der Waals surface area contributed by atoms with Crippen LogP contribution < -0.4 is 51.4 Å². The zero-order valence-electron chi connectivity index (χ0n) is 15.4. The van der Waals surface area contributed by atoms with Crippen LogP contribution in [0.15, 0.2) is 0 Å². The Labute approximate surface area is 209 Å². The zero-order valence-corrected chi connectivity index (χ0v) is 21.1. The van der Waals surface area contributed by atoms with Crippen LogP contribution in [0.1, 0.15) is 1.43 Å². The van der Waals surface area contributed by atoms with Gasteiger partial charge in [-0.05, 0) is 0 Å². The second kappa shape index (κ2) is 10.7. The Balaban J connectivity index is 0. The number of aliphatic hydroxyl groups is 6. The number of phosphoric acid groups is 4. The molecule has 0 aromatic carbocycles. The Morgan fingerprint density at radius 2 is 0.967 bits per heavy atom. The van der Waals surface area contributed by atoms with E-state index >= 15 is 0 Å². The molecular formula is C6H17KO19P4. The van der Waals surface area contributed by atoms with Crippen molar-refractivity contribution < 1.29 is 144 Å². The van der Waals surface area contributed by atoms with E-state index in [9.17, 15) is 53.8 Å². The summed E-state index contributed by atoms with van der Waals surface area (Å²) in [6.07, 6.45) is -12.9. The molecule has 0 amide bonds. The molecule has 19 nitrogen and oxygen atoms in total. The molecule has 9 atom stereocenters. The van der Waals surface area contributed by atoms with Crippen molar-refractivity contribution >= 4 is 31.3 Å². The maximum atomic E-state index is 11.8. The molecule has 24 heteroatoms. The van der Waals surface area contributed by atoms with Crippen LogP contribution in [0, 0.1) is 0 Å². The van der Waals surface area contributed by atoms with Crippen LogP contribution in [-0.4, -0.2) is 91.4 Å². The molecule has 1 aliphatic carbocycles. The van der Waals surface area contributed by atoms with E-state index in [1.807, 2.05) is 0 Å². The van der Waals surface area contributed by atoms with Gasteiger partial charge < -0.3 is 56.5 Å². The normalized spacial score (nSPS) is 38.6. The predicted molar refractivity (Wildman–Crippen MR) is 82.0 cm³/mol. The fraction of sp³-hybridized carbons (Fsp3) is 1.00. The van der Waals surface area contributed by atoms with Crippen molar-refractivity contribution in [1.29, 1.82) is 0 Å². The van der Waals surface area contributed by atoms with Gasteiger partial charge in [-0.1, -0.05) is 0 Å². The second-order valence-electron chi connectivity index (χ2n) is 5.35. The first-order valence-corrected chi connectivity index (χ1v) is 12.7. The Morgan fingerprint density at radius 1 is 0.633 bits per heavy atom. The number of hydrogen-bond donors (Lipinski definition) is 11. The second-order valence-corrected chi connectivity index (χ2v) is 11.3. The van der Waals surface area contributed by atoms with E-state index in [0.717, 1.165) is 0 Å². The molecule has 0 aliphatic heterocycles. The van der Waals surface area contributed by atoms with Gasteiger partial charge in [0.05, 0.1) is 0 Å². The van der Waals surface area contributed by atoms with E-state index in [4.69, 9.17) is 19.6 Å². The first-order chi connectivity index (χ1) is 12.6. The number of aliphatic hydroxyl groups excluding tert-OH is 5. The molecule has 0 aromatic heterocycles. The summed E-state index contributed by atoms with van der Waals surface area (Å²) in [7, 11) is -24.4. The molecule has 5 unspecified atom stereocenters. The van der Waals surface area contributed by atoms with Gasteiger partial charge in [-0.3, -0.25) is 0 Å². The van der Waals surface area contributed by atoms with E-state index in [2.05, 4.69) is 17.5 Å². The van der Waals surface area contributed by atoms with Crippen molar-refractivity contribution in [1.82, 2.24) is 0 Å². The third-order valence-corrected chi connectivity index (χ3v) is 8.58. The summed E-state index contributed by atoms with van der Waals surface area (Å²) in [6, 6.07) is 0. The van der Waals surface area contributed by atoms with Crippen molar-refractivity contribution in [2.75, 3.05) is 0 Å². The largest absolute Gasteiger partial charge is 1.00 e. The number of rotatable bonds is 8. The molecule has 11 N–H and O–H groups in total. The summed E-state index contributed by atoms with van der Waals surface area (Å²) >= 11 is 0. The quantitative estimate of drug-likeness (QED) is 0.0751. The van der Waals surface area contributed by atoms with Gasteiger partial charge in [0.1, 0.15) is 30.5 Å². The smallest absolute Gasteiger partial charge is 1.00 e. The molecule has 0 radical (unpaired) electrons. The average Bonchev–Trinajstić information content (AvgIpc) is 2.44. The molecule has 1 rings (SSSR count). The Morgan fingerprint density at radius 3 is 1.33 bits per heavy atom. The molecule has 0 bridgehead atoms. The summed E-state index contributed by atoms with van der Waals surface area (Å²) in [6.45, 7) is 0. The minimum atomic E-state index is -6.27. The Hall–Kier alpha value is 1.96. The first kappa shape index (κ1) is 32.0. The van der Waals surface area contributed by atoms with Crippen molar-refractivity contribution in [3.05, 3.63) is 0 Å². The maximum absolute atomic E-state index is 11.8. The van der Waals surface area contributed by atoms with Crippen LogP contribution in [0.2, 0.25) is 0 Å². The average molecular weight is 556 g/mol. The molecule has 0 saturated heterocycles. The van der Waals surface area contributed by atoms with Gasteiger partial charge in [0.2, 0.25) is 5.79 Å². The van der Waals surface area contributed by atoms with E-state index in [1.165, 1.54) is 0 Å². The molecule has 0 aromatic rings. The molecule has 0 spiro atoms. The monoisotopic (exact) mass is 556 g/mol. The molecule has 1 aliphatic rings. The van der Waals surface area contributed by atoms with Crippen LogP contribution in [0.5, 0.6) is 0 Å². The van der Waals surface area contributed by atoms with Gasteiger partial charge in [-0.2, -0.15) is 12.9 Å². The van der Waals surface area contributed by atoms with Crippen LogP contribution in [0.4, 0.5) is 0 Å². The standard InChI is InChI=1S/C6H16O19P4.K.H/c7-1-2(8)4(10)6(12,5(11)3(1)9)22-27(16,17)24-29(20,21)25-28(18,19)23-26(13,14)15;;/h1-5,7-12H,(H,16,17)(H,18,19)(H,20,21)(H2,13,14,15);;/q;+1;-1/t1?,2-,3+,4-,5-,6?;;/m1../s1. The van der Waals surface area contributed by atoms with Gasteiger partial charge in [-0.15, -0.1) is 0 Å². The SMILES string of the molecule is O=P(O)(O)OP(=O)(O)OP(=O)(O)OP(=O)(O)OC1(O)[C@H](O)[C@H](O)C(O)[C@H](O)[C@H]1O.[H-].[K+]. The van der Waals surface area contributed by atoms with E-state index in [-0.39, 0.29) is 52.8 Å². The number of phosphoric ester groups is 1. The van der Waals surface area contributed by atoms with E-state index < -0.39 is 67.6 Å². The van der Waals surface area contributed by atoms with E-state index in [0.29, 0.717) is 0 Å². The summed E-state index contributed by atoms with van der Waals surface area (Å²) in [4.78, 5) is 44.2. The predicted octanol–water partition coefficient (Wildman–Crippen LogP) is -6.93. The molecular weight excluding hydrogens is 539 g/mol. The summed E-state index contributed by atoms with van der Waals surface area (Å²) in [5, 5.41) is 57.5. The van der Waals surface area contributed by atoms with Gasteiger partial charge >= 0.3 is 82.7 Å². The van der Waals surface area contributed by atoms with Gasteiger partial charge in [0, 0.05) is 0 Å². The molecule has 1 fully saturated rings.